The van der Waals surface area contributed by atoms with Crippen molar-refractivity contribution in [3.63, 3.8) is 0 Å². The molecule has 0 aromatic heterocycles. The molecular formula is C12H13F4NO. The Hall–Kier alpha value is -1.59. The van der Waals surface area contributed by atoms with Crippen LogP contribution in [0.25, 0.3) is 0 Å². The fourth-order valence-electron chi connectivity index (χ4n) is 1.31. The summed E-state index contributed by atoms with van der Waals surface area (Å²) in [7, 11) is 0. The second-order valence-corrected chi connectivity index (χ2v) is 4.17. The van der Waals surface area contributed by atoms with E-state index >= 15 is 0 Å². The zero-order chi connectivity index (χ0) is 13.9. The van der Waals surface area contributed by atoms with Crippen LogP contribution in [0.15, 0.2) is 24.3 Å². The highest BCUT2D eigenvalue weighted by atomic mass is 19.4. The molecule has 18 heavy (non-hydrogen) atoms. The summed E-state index contributed by atoms with van der Waals surface area (Å²) < 4.78 is 48.5. The number of alkyl halides is 4. The Labute approximate surface area is 102 Å². The molecule has 1 aromatic rings. The van der Waals surface area contributed by atoms with Gasteiger partial charge in [-0.25, -0.2) is 4.39 Å². The molecule has 1 atom stereocenters. The van der Waals surface area contributed by atoms with Gasteiger partial charge in [0.25, 0.3) is 12.1 Å². The van der Waals surface area contributed by atoms with Gasteiger partial charge in [0.1, 0.15) is 0 Å². The molecule has 1 rings (SSSR count). The van der Waals surface area contributed by atoms with Crippen molar-refractivity contribution in [1.29, 1.82) is 0 Å². The van der Waals surface area contributed by atoms with Crippen LogP contribution in [0.4, 0.5) is 23.2 Å². The lowest BCUT2D eigenvalue weighted by Crippen LogP contribution is -2.36. The molecule has 2 nitrogen and oxygen atoms in total. The number of carbonyl (C=O) groups excluding carboxylic acids is 1. The SMILES string of the molecule is CC(C)c1ccc(NC(=O)[C@H](F)C(F)(F)F)cc1. The third-order valence-corrected chi connectivity index (χ3v) is 2.36. The van der Waals surface area contributed by atoms with E-state index in [-0.39, 0.29) is 11.6 Å². The number of hydrogen-bond donors (Lipinski definition) is 1. The highest BCUT2D eigenvalue weighted by Gasteiger charge is 2.45. The van der Waals surface area contributed by atoms with E-state index in [9.17, 15) is 22.4 Å². The Kier molecular flexibility index (Phi) is 4.32. The molecule has 0 spiro atoms. The van der Waals surface area contributed by atoms with Crippen molar-refractivity contribution in [2.24, 2.45) is 0 Å². The largest absolute Gasteiger partial charge is 0.428 e. The van der Waals surface area contributed by atoms with E-state index in [0.717, 1.165) is 5.56 Å². The molecule has 0 aliphatic rings. The Morgan fingerprint density at radius 2 is 1.67 bits per heavy atom. The lowest BCUT2D eigenvalue weighted by atomic mass is 10.0. The van der Waals surface area contributed by atoms with Gasteiger partial charge in [0, 0.05) is 5.69 Å². The number of anilines is 1. The molecule has 100 valence electrons. The van der Waals surface area contributed by atoms with Gasteiger partial charge in [-0.3, -0.25) is 4.79 Å². The molecular weight excluding hydrogens is 250 g/mol. The summed E-state index contributed by atoms with van der Waals surface area (Å²) in [5, 5.41) is 1.88. The van der Waals surface area contributed by atoms with Crippen LogP contribution in [-0.2, 0) is 4.79 Å². The minimum Gasteiger partial charge on any atom is -0.323 e. The van der Waals surface area contributed by atoms with Gasteiger partial charge in [-0.05, 0) is 23.6 Å². The Balaban J connectivity index is 2.71. The molecule has 0 fully saturated rings. The number of benzene rings is 1. The predicted octanol–water partition coefficient (Wildman–Crippen LogP) is 3.65. The fraction of sp³-hybridized carbons (Fsp3) is 0.417. The van der Waals surface area contributed by atoms with Crippen LogP contribution in [0.2, 0.25) is 0 Å². The second kappa shape index (κ2) is 5.37. The van der Waals surface area contributed by atoms with Gasteiger partial charge >= 0.3 is 6.18 Å². The van der Waals surface area contributed by atoms with Crippen molar-refractivity contribution in [3.8, 4) is 0 Å². The van der Waals surface area contributed by atoms with E-state index in [1.807, 2.05) is 19.2 Å². The maximum Gasteiger partial charge on any atom is 0.428 e. The number of halogens is 4. The van der Waals surface area contributed by atoms with Gasteiger partial charge in [0.05, 0.1) is 0 Å². The third-order valence-electron chi connectivity index (χ3n) is 2.36. The molecule has 0 aliphatic carbocycles. The first kappa shape index (κ1) is 14.5. The maximum absolute atomic E-state index is 12.7. The van der Waals surface area contributed by atoms with Crippen LogP contribution in [0.1, 0.15) is 25.3 Å². The van der Waals surface area contributed by atoms with Crippen molar-refractivity contribution in [2.45, 2.75) is 32.1 Å². The normalized spacial score (nSPS) is 13.5. The van der Waals surface area contributed by atoms with Crippen molar-refractivity contribution >= 4 is 11.6 Å². The van der Waals surface area contributed by atoms with Gasteiger partial charge in [-0.2, -0.15) is 13.2 Å². The first-order chi connectivity index (χ1) is 8.21. The first-order valence-corrected chi connectivity index (χ1v) is 5.33. The summed E-state index contributed by atoms with van der Waals surface area (Å²) in [5.74, 6) is -1.45. The topological polar surface area (TPSA) is 29.1 Å². The van der Waals surface area contributed by atoms with Crippen LogP contribution < -0.4 is 5.32 Å². The minimum absolute atomic E-state index is 0.135. The van der Waals surface area contributed by atoms with Gasteiger partial charge in [-0.15, -0.1) is 0 Å². The lowest BCUT2D eigenvalue weighted by molar-refractivity contribution is -0.183. The number of nitrogens with one attached hydrogen (secondary N) is 1. The predicted molar refractivity (Wildman–Crippen MR) is 60.1 cm³/mol. The van der Waals surface area contributed by atoms with Gasteiger partial charge in [0.2, 0.25) is 0 Å². The average Bonchev–Trinajstić information content (AvgIpc) is 2.27. The van der Waals surface area contributed by atoms with E-state index in [4.69, 9.17) is 0 Å². The first-order valence-electron chi connectivity index (χ1n) is 5.33. The quantitative estimate of drug-likeness (QED) is 0.829. The van der Waals surface area contributed by atoms with E-state index in [1.54, 1.807) is 12.1 Å². The van der Waals surface area contributed by atoms with Crippen LogP contribution >= 0.6 is 0 Å². The number of carbonyl (C=O) groups is 1. The lowest BCUT2D eigenvalue weighted by Gasteiger charge is -2.13. The molecule has 1 aromatic carbocycles. The summed E-state index contributed by atoms with van der Waals surface area (Å²) in [6, 6.07) is 6.22. The Bertz CT molecular complexity index is 411. The van der Waals surface area contributed by atoms with Gasteiger partial charge < -0.3 is 5.32 Å². The molecule has 1 N–H and O–H groups in total. The monoisotopic (exact) mass is 263 g/mol. The third kappa shape index (κ3) is 3.72. The number of rotatable bonds is 3. The van der Waals surface area contributed by atoms with E-state index in [1.165, 1.54) is 12.1 Å². The Morgan fingerprint density at radius 3 is 2.06 bits per heavy atom. The molecule has 1 amide bonds. The molecule has 0 unspecified atom stereocenters. The summed E-state index contributed by atoms with van der Waals surface area (Å²) in [6.45, 7) is 3.91. The molecule has 0 bridgehead atoms. The van der Waals surface area contributed by atoms with Gasteiger partial charge in [0.15, 0.2) is 0 Å². The molecule has 0 aliphatic heterocycles. The van der Waals surface area contributed by atoms with Crippen LogP contribution in [-0.4, -0.2) is 18.3 Å². The number of amides is 1. The zero-order valence-electron chi connectivity index (χ0n) is 9.88. The summed E-state index contributed by atoms with van der Waals surface area (Å²) >= 11 is 0. The van der Waals surface area contributed by atoms with Crippen LogP contribution in [0.5, 0.6) is 0 Å². The maximum atomic E-state index is 12.7. The number of hydrogen-bond acceptors (Lipinski definition) is 1. The molecule has 0 saturated carbocycles. The van der Waals surface area contributed by atoms with E-state index in [0.29, 0.717) is 0 Å². The van der Waals surface area contributed by atoms with E-state index in [2.05, 4.69) is 0 Å². The standard InChI is InChI=1S/C12H13F4NO/c1-7(2)8-3-5-9(6-4-8)17-11(18)10(13)12(14,15)16/h3-7,10H,1-2H3,(H,17,18)/t10-/m0/s1. The van der Waals surface area contributed by atoms with Crippen LogP contribution in [0.3, 0.4) is 0 Å². The van der Waals surface area contributed by atoms with Crippen molar-refractivity contribution in [2.75, 3.05) is 5.32 Å². The molecule has 6 heteroatoms. The van der Waals surface area contributed by atoms with Gasteiger partial charge in [-0.1, -0.05) is 26.0 Å². The van der Waals surface area contributed by atoms with Crippen molar-refractivity contribution < 1.29 is 22.4 Å². The smallest absolute Gasteiger partial charge is 0.323 e. The Morgan fingerprint density at radius 1 is 1.17 bits per heavy atom. The molecule has 0 radical (unpaired) electrons. The van der Waals surface area contributed by atoms with Crippen LogP contribution in [0, 0.1) is 0 Å². The summed E-state index contributed by atoms with van der Waals surface area (Å²) in [6.07, 6.45) is -8.69. The molecule has 0 heterocycles. The highest BCUT2D eigenvalue weighted by molar-refractivity contribution is 5.94. The summed E-state index contributed by atoms with van der Waals surface area (Å²) in [4.78, 5) is 11.0. The van der Waals surface area contributed by atoms with Crippen molar-refractivity contribution in [1.82, 2.24) is 0 Å². The summed E-state index contributed by atoms with van der Waals surface area (Å²) in [5.41, 5.74) is 1.11. The minimum atomic E-state index is -5.18. The molecule has 0 saturated heterocycles. The second-order valence-electron chi connectivity index (χ2n) is 4.17. The van der Waals surface area contributed by atoms with E-state index < -0.39 is 18.3 Å². The fourth-order valence-corrected chi connectivity index (χ4v) is 1.31. The van der Waals surface area contributed by atoms with Crippen molar-refractivity contribution in [3.05, 3.63) is 29.8 Å². The zero-order valence-corrected chi connectivity index (χ0v) is 9.88. The average molecular weight is 263 g/mol. The highest BCUT2D eigenvalue weighted by Crippen LogP contribution is 2.24.